The lowest BCUT2D eigenvalue weighted by atomic mass is 9.96. The summed E-state index contributed by atoms with van der Waals surface area (Å²) in [5, 5.41) is 12.6. The SMILES string of the molecule is CCCn1ccc2ccc(NC(=O)N3C[C@@H](C(F)(F)F)[C@H](C(=O)O)C3)cc21. The number of carbonyl (C=O) groups is 2. The number of nitrogens with one attached hydrogen (secondary N) is 1. The summed E-state index contributed by atoms with van der Waals surface area (Å²) in [5.74, 6) is -5.27. The number of alkyl halides is 3. The van der Waals surface area contributed by atoms with E-state index in [-0.39, 0.29) is 0 Å². The zero-order chi connectivity index (χ0) is 19.8. The van der Waals surface area contributed by atoms with E-state index in [0.717, 1.165) is 28.8 Å². The number of anilines is 1. The molecule has 1 aromatic carbocycles. The van der Waals surface area contributed by atoms with Gasteiger partial charge in [-0.05, 0) is 30.0 Å². The smallest absolute Gasteiger partial charge is 0.394 e. The van der Waals surface area contributed by atoms with Crippen LogP contribution in [0, 0.1) is 11.8 Å². The monoisotopic (exact) mass is 383 g/mol. The predicted molar refractivity (Wildman–Crippen MR) is 93.5 cm³/mol. The Morgan fingerprint density at radius 2 is 2.00 bits per heavy atom. The highest BCUT2D eigenvalue weighted by molar-refractivity contribution is 5.93. The fourth-order valence-electron chi connectivity index (χ4n) is 3.45. The van der Waals surface area contributed by atoms with Crippen molar-refractivity contribution in [2.24, 2.45) is 11.8 Å². The first-order valence-corrected chi connectivity index (χ1v) is 8.65. The number of halogens is 3. The van der Waals surface area contributed by atoms with E-state index in [9.17, 15) is 22.8 Å². The maximum atomic E-state index is 13.1. The Balaban J connectivity index is 1.76. The summed E-state index contributed by atoms with van der Waals surface area (Å²) in [6, 6.07) is 6.46. The molecule has 146 valence electrons. The van der Waals surface area contributed by atoms with Gasteiger partial charge in [0.2, 0.25) is 0 Å². The van der Waals surface area contributed by atoms with Crippen molar-refractivity contribution in [3.63, 3.8) is 0 Å². The molecule has 1 saturated heterocycles. The van der Waals surface area contributed by atoms with Crippen LogP contribution in [0.3, 0.4) is 0 Å². The molecule has 0 aliphatic carbocycles. The summed E-state index contributed by atoms with van der Waals surface area (Å²) in [7, 11) is 0. The first kappa shape index (κ1) is 19.1. The number of likely N-dealkylation sites (tertiary alicyclic amines) is 1. The zero-order valence-electron chi connectivity index (χ0n) is 14.7. The molecule has 1 fully saturated rings. The van der Waals surface area contributed by atoms with Gasteiger partial charge in [0.1, 0.15) is 0 Å². The summed E-state index contributed by atoms with van der Waals surface area (Å²) < 4.78 is 41.2. The Morgan fingerprint density at radius 3 is 2.59 bits per heavy atom. The van der Waals surface area contributed by atoms with Crippen molar-refractivity contribution in [2.75, 3.05) is 18.4 Å². The summed E-state index contributed by atoms with van der Waals surface area (Å²) >= 11 is 0. The molecule has 2 amide bonds. The second-order valence-corrected chi connectivity index (χ2v) is 6.71. The number of fused-ring (bicyclic) bond motifs is 1. The minimum Gasteiger partial charge on any atom is -0.481 e. The van der Waals surface area contributed by atoms with Crippen LogP contribution in [0.1, 0.15) is 13.3 Å². The number of carbonyl (C=O) groups excluding carboxylic acids is 1. The van der Waals surface area contributed by atoms with E-state index in [1.54, 1.807) is 12.1 Å². The Labute approximate surface area is 153 Å². The van der Waals surface area contributed by atoms with Gasteiger partial charge in [0.15, 0.2) is 0 Å². The Kier molecular flexibility index (Phi) is 5.03. The molecule has 0 radical (unpaired) electrons. The molecule has 0 bridgehead atoms. The highest BCUT2D eigenvalue weighted by atomic mass is 19.4. The molecule has 0 unspecified atom stereocenters. The number of benzene rings is 1. The number of aliphatic carboxylic acids is 1. The Morgan fingerprint density at radius 1 is 1.26 bits per heavy atom. The molecule has 2 N–H and O–H groups in total. The van der Waals surface area contributed by atoms with Crippen LogP contribution in [0.15, 0.2) is 30.5 Å². The highest BCUT2D eigenvalue weighted by Crippen LogP contribution is 2.38. The molecular weight excluding hydrogens is 363 g/mol. The average molecular weight is 383 g/mol. The average Bonchev–Trinajstić information content (AvgIpc) is 3.20. The van der Waals surface area contributed by atoms with E-state index >= 15 is 0 Å². The summed E-state index contributed by atoms with van der Waals surface area (Å²) in [4.78, 5) is 24.4. The fourth-order valence-corrected chi connectivity index (χ4v) is 3.45. The molecule has 1 aromatic heterocycles. The van der Waals surface area contributed by atoms with Crippen molar-refractivity contribution in [1.82, 2.24) is 9.47 Å². The number of hydrogen-bond donors (Lipinski definition) is 2. The lowest BCUT2D eigenvalue weighted by molar-refractivity contribution is -0.187. The number of urea groups is 1. The molecular formula is C18H20F3N3O3. The van der Waals surface area contributed by atoms with Crippen LogP contribution < -0.4 is 5.32 Å². The first-order valence-electron chi connectivity index (χ1n) is 8.65. The maximum Gasteiger partial charge on any atom is 0.394 e. The van der Waals surface area contributed by atoms with E-state index in [1.165, 1.54) is 0 Å². The van der Waals surface area contributed by atoms with Gasteiger partial charge in [0.25, 0.3) is 0 Å². The van der Waals surface area contributed by atoms with Crippen molar-refractivity contribution >= 4 is 28.6 Å². The van der Waals surface area contributed by atoms with E-state index < -0.39 is 43.1 Å². The van der Waals surface area contributed by atoms with Crippen molar-refractivity contribution in [3.05, 3.63) is 30.5 Å². The van der Waals surface area contributed by atoms with Gasteiger partial charge in [-0.2, -0.15) is 13.2 Å². The highest BCUT2D eigenvalue weighted by Gasteiger charge is 2.53. The molecule has 9 heteroatoms. The van der Waals surface area contributed by atoms with Crippen LogP contribution in [-0.4, -0.2) is 45.8 Å². The van der Waals surface area contributed by atoms with E-state index in [2.05, 4.69) is 5.32 Å². The van der Waals surface area contributed by atoms with E-state index in [4.69, 9.17) is 5.11 Å². The lowest BCUT2D eigenvalue weighted by Crippen LogP contribution is -2.35. The van der Waals surface area contributed by atoms with E-state index in [0.29, 0.717) is 5.69 Å². The molecule has 6 nitrogen and oxygen atoms in total. The lowest BCUT2D eigenvalue weighted by Gasteiger charge is -2.19. The van der Waals surface area contributed by atoms with Crippen molar-refractivity contribution in [3.8, 4) is 0 Å². The number of hydrogen-bond acceptors (Lipinski definition) is 2. The second-order valence-electron chi connectivity index (χ2n) is 6.71. The minimum atomic E-state index is -4.67. The molecule has 1 aliphatic rings. The topological polar surface area (TPSA) is 74.6 Å². The number of nitrogens with zero attached hydrogens (tertiary/aromatic N) is 2. The molecule has 3 rings (SSSR count). The number of carboxylic acids is 1. The fraction of sp³-hybridized carbons (Fsp3) is 0.444. The van der Waals surface area contributed by atoms with Crippen molar-refractivity contribution < 1.29 is 27.9 Å². The predicted octanol–water partition coefficient (Wildman–Crippen LogP) is 3.78. The van der Waals surface area contributed by atoms with Gasteiger partial charge in [-0.3, -0.25) is 4.79 Å². The molecule has 2 atom stereocenters. The van der Waals surface area contributed by atoms with Crippen LogP contribution >= 0.6 is 0 Å². The zero-order valence-corrected chi connectivity index (χ0v) is 14.7. The summed E-state index contributed by atoms with van der Waals surface area (Å²) in [5.41, 5.74) is 1.36. The molecule has 1 aliphatic heterocycles. The van der Waals surface area contributed by atoms with Crippen molar-refractivity contribution in [1.29, 1.82) is 0 Å². The van der Waals surface area contributed by atoms with Crippen LogP contribution in [0.25, 0.3) is 10.9 Å². The van der Waals surface area contributed by atoms with Crippen LogP contribution in [0.4, 0.5) is 23.7 Å². The Hall–Kier alpha value is -2.71. The quantitative estimate of drug-likeness (QED) is 0.844. The second kappa shape index (κ2) is 7.13. The maximum absolute atomic E-state index is 13.1. The van der Waals surface area contributed by atoms with Crippen LogP contribution in [-0.2, 0) is 11.3 Å². The van der Waals surface area contributed by atoms with Gasteiger partial charge >= 0.3 is 18.2 Å². The largest absolute Gasteiger partial charge is 0.481 e. The molecule has 2 aromatic rings. The van der Waals surface area contributed by atoms with E-state index in [1.807, 2.05) is 29.8 Å². The molecule has 27 heavy (non-hydrogen) atoms. The third kappa shape index (κ3) is 3.86. The van der Waals surface area contributed by atoms with Gasteiger partial charge in [0, 0.05) is 31.5 Å². The number of rotatable bonds is 4. The van der Waals surface area contributed by atoms with Crippen LogP contribution in [0.2, 0.25) is 0 Å². The minimum absolute atomic E-state index is 0.450. The molecule has 2 heterocycles. The van der Waals surface area contributed by atoms with Gasteiger partial charge < -0.3 is 19.9 Å². The number of carboxylic acid groups (broad SMARTS) is 1. The van der Waals surface area contributed by atoms with Gasteiger partial charge in [0.05, 0.1) is 17.4 Å². The third-order valence-corrected chi connectivity index (χ3v) is 4.83. The van der Waals surface area contributed by atoms with Gasteiger partial charge in [-0.25, -0.2) is 4.79 Å². The number of aryl methyl sites for hydroxylation is 1. The summed E-state index contributed by atoms with van der Waals surface area (Å²) in [6.07, 6.45) is -1.80. The first-order chi connectivity index (χ1) is 12.7. The number of amides is 2. The van der Waals surface area contributed by atoms with Crippen molar-refractivity contribution in [2.45, 2.75) is 26.1 Å². The van der Waals surface area contributed by atoms with Crippen LogP contribution in [0.5, 0.6) is 0 Å². The molecule has 0 saturated carbocycles. The normalized spacial score (nSPS) is 20.2. The third-order valence-electron chi connectivity index (χ3n) is 4.83. The van der Waals surface area contributed by atoms with Gasteiger partial charge in [-0.1, -0.05) is 13.0 Å². The number of aromatic nitrogens is 1. The van der Waals surface area contributed by atoms with Gasteiger partial charge in [-0.15, -0.1) is 0 Å². The molecule has 0 spiro atoms. The standard InChI is InChI=1S/C18H20F3N3O3/c1-2-6-23-7-5-11-3-4-12(8-15(11)23)22-17(27)24-9-13(16(25)26)14(10-24)18(19,20)21/h3-5,7-8,13-14H,2,6,9-10H2,1H3,(H,22,27)(H,25,26)/t13-,14-/m1/s1. The summed E-state index contributed by atoms with van der Waals surface area (Å²) in [6.45, 7) is 1.71. The Bertz CT molecular complexity index is 862.